The number of benzene rings is 3. The number of rotatable bonds is 23. The van der Waals surface area contributed by atoms with Crippen LogP contribution in [0.5, 0.6) is 0 Å². The Hall–Kier alpha value is -5.49. The maximum Gasteiger partial charge on any atom is 0.416 e. The number of hydrogen-bond donors (Lipinski definition) is 4. The molecule has 1 aliphatic rings. The quantitative estimate of drug-likeness (QED) is 0.0527. The standard InChI is InChI=1S/C49H60F3N5O8S/c1-47(2,30-43(59)57(32-44(60)61)21-24-64-25-22-58)65-23-17-48(3,4)66-33-35-11-8-12-36(26-35)46(63)55-41-15-14-39(56-19-6-5-7-20-56)29-40(41)42-28-37(16-18-53-42)45(62)54-31-34-10-9-13-38(27-34)49(50,51)52/h8-16,18,26-29,58H,5-7,17,19-25,30-33H2,1-4H3,(H,54,62)(H,55,63)(H,60,61). The molecule has 1 aliphatic heterocycles. The number of carboxylic acids is 1. The Balaban J connectivity index is 1.22. The number of halogens is 3. The average Bonchev–Trinajstić information content (AvgIpc) is 3.28. The van der Waals surface area contributed by atoms with E-state index in [0.717, 1.165) is 55.7 Å². The number of thioether (sulfide) groups is 1. The second kappa shape index (κ2) is 23.8. The highest BCUT2D eigenvalue weighted by Crippen LogP contribution is 2.35. The highest BCUT2D eigenvalue weighted by molar-refractivity contribution is 7.99. The van der Waals surface area contributed by atoms with Crippen molar-refractivity contribution in [3.63, 3.8) is 0 Å². The molecule has 1 aromatic heterocycles. The van der Waals surface area contributed by atoms with Crippen molar-refractivity contribution in [1.82, 2.24) is 15.2 Å². The third-order valence-electron chi connectivity index (χ3n) is 11.0. The van der Waals surface area contributed by atoms with E-state index in [9.17, 15) is 37.5 Å². The van der Waals surface area contributed by atoms with Crippen LogP contribution in [0.4, 0.5) is 24.5 Å². The zero-order chi connectivity index (χ0) is 47.9. The van der Waals surface area contributed by atoms with Gasteiger partial charge in [-0.3, -0.25) is 24.2 Å². The first-order chi connectivity index (χ1) is 31.3. The lowest BCUT2D eigenvalue weighted by Crippen LogP contribution is -2.42. The van der Waals surface area contributed by atoms with Crippen molar-refractivity contribution in [1.29, 1.82) is 0 Å². The Morgan fingerprint density at radius 2 is 1.58 bits per heavy atom. The second-order valence-electron chi connectivity index (χ2n) is 17.4. The first kappa shape index (κ1) is 51.5. The van der Waals surface area contributed by atoms with Crippen molar-refractivity contribution < 1.29 is 52.0 Å². The van der Waals surface area contributed by atoms with Crippen LogP contribution in [0.15, 0.2) is 85.1 Å². The van der Waals surface area contributed by atoms with Gasteiger partial charge in [0.1, 0.15) is 6.54 Å². The van der Waals surface area contributed by atoms with E-state index in [4.69, 9.17) is 14.6 Å². The Morgan fingerprint density at radius 1 is 0.848 bits per heavy atom. The summed E-state index contributed by atoms with van der Waals surface area (Å²) in [5, 5.41) is 24.0. The Kier molecular flexibility index (Phi) is 18.6. The minimum absolute atomic E-state index is 0.0259. The van der Waals surface area contributed by atoms with E-state index in [1.807, 2.05) is 36.4 Å². The normalized spacial score (nSPS) is 13.3. The topological polar surface area (TPSA) is 171 Å². The van der Waals surface area contributed by atoms with E-state index >= 15 is 0 Å². The van der Waals surface area contributed by atoms with E-state index < -0.39 is 35.8 Å². The predicted octanol–water partition coefficient (Wildman–Crippen LogP) is 8.45. The van der Waals surface area contributed by atoms with Gasteiger partial charge in [0.05, 0.1) is 48.8 Å². The van der Waals surface area contributed by atoms with Gasteiger partial charge in [0.2, 0.25) is 5.91 Å². The third kappa shape index (κ3) is 16.1. The number of aliphatic hydroxyl groups excluding tert-OH is 1. The number of nitrogens with one attached hydrogen (secondary N) is 2. The summed E-state index contributed by atoms with van der Waals surface area (Å²) < 4.78 is 51.0. The van der Waals surface area contributed by atoms with Crippen molar-refractivity contribution >= 4 is 46.8 Å². The molecule has 1 fully saturated rings. The number of nitrogens with zero attached hydrogens (tertiary/aromatic N) is 3. The van der Waals surface area contributed by atoms with Crippen molar-refractivity contribution in [2.45, 2.75) is 88.6 Å². The smallest absolute Gasteiger partial charge is 0.416 e. The first-order valence-electron chi connectivity index (χ1n) is 22.0. The molecular formula is C49H60F3N5O8S. The molecule has 0 saturated carbocycles. The molecule has 4 aromatic rings. The molecule has 0 unspecified atom stereocenters. The maximum absolute atomic E-state index is 13.9. The number of hydrogen-bond acceptors (Lipinski definition) is 10. The summed E-state index contributed by atoms with van der Waals surface area (Å²) in [5.41, 5.74) is 2.75. The van der Waals surface area contributed by atoms with Gasteiger partial charge in [-0.25, -0.2) is 0 Å². The monoisotopic (exact) mass is 935 g/mol. The summed E-state index contributed by atoms with van der Waals surface area (Å²) in [6.45, 7) is 9.40. The molecule has 3 amide bonds. The van der Waals surface area contributed by atoms with Crippen LogP contribution in [0.1, 0.15) is 97.2 Å². The van der Waals surface area contributed by atoms with Gasteiger partial charge in [-0.1, -0.05) is 38.1 Å². The SMILES string of the molecule is CC(C)(CC(=O)N(CCOCCO)CC(=O)O)OCCC(C)(C)SCc1cccc(C(=O)Nc2ccc(N3CCCCC3)cc2-c2cc(C(=O)NCc3cccc(C(F)(F)F)c3)ccn2)c1. The molecule has 4 N–H and O–H groups in total. The number of piperidine rings is 1. The van der Waals surface area contributed by atoms with Crippen LogP contribution in [0, 0.1) is 0 Å². The number of carbonyl (C=O) groups is 4. The van der Waals surface area contributed by atoms with Gasteiger partial charge in [-0.15, -0.1) is 0 Å². The highest BCUT2D eigenvalue weighted by Gasteiger charge is 2.31. The summed E-state index contributed by atoms with van der Waals surface area (Å²) in [4.78, 5) is 59.8. The number of anilines is 2. The number of aliphatic hydroxyl groups is 1. The number of alkyl halides is 3. The molecule has 0 spiro atoms. The lowest BCUT2D eigenvalue weighted by atomic mass is 10.0. The van der Waals surface area contributed by atoms with Gasteiger partial charge >= 0.3 is 12.1 Å². The van der Waals surface area contributed by atoms with Gasteiger partial charge in [-0.2, -0.15) is 24.9 Å². The van der Waals surface area contributed by atoms with Crippen molar-refractivity contribution in [3.8, 4) is 11.3 Å². The molecule has 356 valence electrons. The van der Waals surface area contributed by atoms with Crippen molar-refractivity contribution in [3.05, 3.63) is 113 Å². The van der Waals surface area contributed by atoms with Crippen LogP contribution in [0.25, 0.3) is 11.3 Å². The lowest BCUT2D eigenvalue weighted by Gasteiger charge is -2.31. The molecule has 3 aromatic carbocycles. The van der Waals surface area contributed by atoms with Crippen LogP contribution in [-0.4, -0.2) is 107 Å². The van der Waals surface area contributed by atoms with Crippen molar-refractivity contribution in [2.24, 2.45) is 0 Å². The molecule has 0 atom stereocenters. The maximum atomic E-state index is 13.9. The van der Waals surface area contributed by atoms with E-state index in [-0.39, 0.29) is 61.5 Å². The molecule has 5 rings (SSSR count). The average molecular weight is 936 g/mol. The molecular weight excluding hydrogens is 876 g/mol. The molecule has 1 saturated heterocycles. The largest absolute Gasteiger partial charge is 0.480 e. The van der Waals surface area contributed by atoms with Crippen LogP contribution in [0.3, 0.4) is 0 Å². The fourth-order valence-electron chi connectivity index (χ4n) is 7.31. The second-order valence-corrected chi connectivity index (χ2v) is 19.1. The van der Waals surface area contributed by atoms with Gasteiger partial charge in [0.15, 0.2) is 0 Å². The Morgan fingerprint density at radius 3 is 2.30 bits per heavy atom. The van der Waals surface area contributed by atoms with Gasteiger partial charge in [0, 0.05) is 71.9 Å². The molecule has 17 heteroatoms. The fourth-order valence-corrected chi connectivity index (χ4v) is 8.27. The molecule has 66 heavy (non-hydrogen) atoms. The highest BCUT2D eigenvalue weighted by atomic mass is 32.2. The van der Waals surface area contributed by atoms with Crippen LogP contribution in [0.2, 0.25) is 0 Å². The van der Waals surface area contributed by atoms with Gasteiger partial charge < -0.3 is 40.1 Å². The zero-order valence-corrected chi connectivity index (χ0v) is 38.7. The van der Waals surface area contributed by atoms with Crippen molar-refractivity contribution in [2.75, 3.05) is 62.8 Å². The fraction of sp³-hybridized carbons (Fsp3) is 0.449. The number of ether oxygens (including phenoxy) is 2. The van der Waals surface area contributed by atoms with Gasteiger partial charge in [0.25, 0.3) is 11.8 Å². The van der Waals surface area contributed by atoms with Crippen LogP contribution in [-0.2, 0) is 37.5 Å². The first-order valence-corrected chi connectivity index (χ1v) is 23.0. The number of amides is 3. The molecule has 0 radical (unpaired) electrons. The van der Waals surface area contributed by atoms with E-state index in [1.54, 1.807) is 37.7 Å². The van der Waals surface area contributed by atoms with E-state index in [1.165, 1.54) is 29.3 Å². The number of aliphatic carboxylic acids is 1. The minimum atomic E-state index is -4.50. The number of carbonyl (C=O) groups excluding carboxylic acids is 3. The summed E-state index contributed by atoms with van der Waals surface area (Å²) in [7, 11) is 0. The lowest BCUT2D eigenvalue weighted by molar-refractivity contribution is -0.148. The minimum Gasteiger partial charge on any atom is -0.480 e. The summed E-state index contributed by atoms with van der Waals surface area (Å²) in [6, 6.07) is 21.1. The van der Waals surface area contributed by atoms with Gasteiger partial charge in [-0.05, 0) is 105 Å². The molecule has 2 heterocycles. The summed E-state index contributed by atoms with van der Waals surface area (Å²) >= 11 is 1.69. The number of carboxylic acid groups (broad SMARTS) is 1. The number of pyridine rings is 1. The zero-order valence-electron chi connectivity index (χ0n) is 37.9. The van der Waals surface area contributed by atoms with Crippen LogP contribution < -0.4 is 15.5 Å². The molecule has 0 bridgehead atoms. The third-order valence-corrected chi connectivity index (χ3v) is 12.5. The number of aromatic nitrogens is 1. The molecule has 0 aliphatic carbocycles. The Labute approximate surface area is 388 Å². The van der Waals surface area contributed by atoms with E-state index in [0.29, 0.717) is 46.9 Å². The Bertz CT molecular complexity index is 2290. The summed E-state index contributed by atoms with van der Waals surface area (Å²) in [5.74, 6) is -1.74. The molecule has 13 nitrogen and oxygen atoms in total. The summed E-state index contributed by atoms with van der Waals surface area (Å²) in [6.07, 6.45) is 0.849. The van der Waals surface area contributed by atoms with Crippen LogP contribution >= 0.6 is 11.8 Å². The van der Waals surface area contributed by atoms with E-state index in [2.05, 4.69) is 34.4 Å². The predicted molar refractivity (Wildman–Crippen MR) is 250 cm³/mol.